The average Bonchev–Trinajstić information content (AvgIpc) is 3.20. The standard InChI is InChI=1S/C42H38N3O7P/c1-29(52-53(47)51-27-11-26-43)39(45-41(46)40-35-14-7-9-16-37(35)44-38-17-10-8-15-36(38)40)28-50-42(30-12-5-4-6-13-30,31-18-22-33(48-2)23-19-31)32-20-24-34(49-3)25-21-32/h4-10,12-25,29,39H,11,27-28H2,1-3H3/p+1. The molecule has 0 saturated heterocycles. The number of amides is 1. The Balaban J connectivity index is 1.44. The van der Waals surface area contributed by atoms with Gasteiger partial charge >= 0.3 is 8.25 Å². The van der Waals surface area contributed by atoms with Crippen molar-refractivity contribution >= 4 is 36.0 Å². The molecule has 3 atom stereocenters. The zero-order valence-electron chi connectivity index (χ0n) is 29.6. The minimum absolute atomic E-state index is 0.0492. The minimum Gasteiger partial charge on any atom is -0.497 e. The van der Waals surface area contributed by atoms with Crippen LogP contribution in [0.15, 0.2) is 127 Å². The van der Waals surface area contributed by atoms with E-state index in [1.165, 1.54) is 0 Å². The van der Waals surface area contributed by atoms with Crippen LogP contribution in [0.3, 0.4) is 0 Å². The number of benzene rings is 5. The first kappa shape index (κ1) is 37.1. The fraction of sp³-hybridized carbons (Fsp3) is 0.214. The molecule has 11 heteroatoms. The van der Waals surface area contributed by atoms with Gasteiger partial charge in [-0.3, -0.25) is 4.79 Å². The number of rotatable bonds is 16. The minimum atomic E-state index is -2.63. The van der Waals surface area contributed by atoms with Crippen molar-refractivity contribution in [2.24, 2.45) is 0 Å². The molecule has 0 fully saturated rings. The Hall–Kier alpha value is -5.69. The van der Waals surface area contributed by atoms with Crippen LogP contribution in [-0.4, -0.2) is 50.5 Å². The number of ether oxygens (including phenoxy) is 3. The number of fused-ring (bicyclic) bond motifs is 2. The molecule has 0 aliphatic heterocycles. The number of methoxy groups -OCH3 is 2. The van der Waals surface area contributed by atoms with E-state index in [1.807, 2.05) is 133 Å². The molecule has 6 aromatic rings. The predicted molar refractivity (Wildman–Crippen MR) is 203 cm³/mol. The van der Waals surface area contributed by atoms with E-state index in [9.17, 15) is 9.36 Å². The van der Waals surface area contributed by atoms with Crippen molar-refractivity contribution in [3.05, 3.63) is 150 Å². The van der Waals surface area contributed by atoms with Crippen molar-refractivity contribution in [3.8, 4) is 17.6 Å². The molecule has 1 amide bonds. The number of aromatic nitrogens is 1. The highest BCUT2D eigenvalue weighted by atomic mass is 31.1. The van der Waals surface area contributed by atoms with Crippen LogP contribution in [0.4, 0.5) is 0 Å². The van der Waals surface area contributed by atoms with Crippen molar-refractivity contribution in [3.63, 3.8) is 0 Å². The summed E-state index contributed by atoms with van der Waals surface area (Å²) in [6, 6.07) is 41.1. The zero-order valence-corrected chi connectivity index (χ0v) is 30.5. The molecule has 1 aromatic heterocycles. The number of nitriles is 1. The highest BCUT2D eigenvalue weighted by molar-refractivity contribution is 7.33. The molecule has 5 aromatic carbocycles. The van der Waals surface area contributed by atoms with E-state index in [0.29, 0.717) is 38.9 Å². The fourth-order valence-corrected chi connectivity index (χ4v) is 7.03. The summed E-state index contributed by atoms with van der Waals surface area (Å²) in [5, 5.41) is 13.5. The van der Waals surface area contributed by atoms with Crippen LogP contribution in [0.25, 0.3) is 21.8 Å². The molecule has 3 unspecified atom stereocenters. The lowest BCUT2D eigenvalue weighted by Crippen LogP contribution is -2.48. The number of para-hydroxylation sites is 2. The van der Waals surface area contributed by atoms with Gasteiger partial charge in [-0.15, -0.1) is 9.05 Å². The number of nitrogens with zero attached hydrogens (tertiary/aromatic N) is 2. The summed E-state index contributed by atoms with van der Waals surface area (Å²) in [6.45, 7) is 1.54. The van der Waals surface area contributed by atoms with Gasteiger partial charge in [-0.2, -0.15) is 5.26 Å². The Morgan fingerprint density at radius 2 is 1.28 bits per heavy atom. The van der Waals surface area contributed by atoms with Crippen LogP contribution in [0.5, 0.6) is 11.5 Å². The predicted octanol–water partition coefficient (Wildman–Crippen LogP) is 8.51. The number of hydrogen-bond donors (Lipinski definition) is 1. The molecule has 0 saturated carbocycles. The molecular formula is C42H39N3O7P+. The fourth-order valence-electron chi connectivity index (χ4n) is 6.31. The third kappa shape index (κ3) is 8.20. The monoisotopic (exact) mass is 728 g/mol. The number of carbonyl (C=O) groups excluding carboxylic acids is 1. The second-order valence-electron chi connectivity index (χ2n) is 12.2. The van der Waals surface area contributed by atoms with E-state index in [2.05, 4.69) is 5.32 Å². The molecule has 0 aliphatic rings. The Bertz CT molecular complexity index is 2120. The third-order valence-electron chi connectivity index (χ3n) is 9.01. The van der Waals surface area contributed by atoms with Crippen molar-refractivity contribution in [1.82, 2.24) is 10.3 Å². The highest BCUT2D eigenvalue weighted by Gasteiger charge is 2.41. The second-order valence-corrected chi connectivity index (χ2v) is 13.1. The van der Waals surface area contributed by atoms with E-state index in [1.54, 1.807) is 21.1 Å². The van der Waals surface area contributed by atoms with Crippen molar-refractivity contribution in [2.75, 3.05) is 27.4 Å². The smallest absolute Gasteiger partial charge is 0.497 e. The lowest BCUT2D eigenvalue weighted by molar-refractivity contribution is -0.0169. The van der Waals surface area contributed by atoms with Crippen molar-refractivity contribution in [2.45, 2.75) is 31.1 Å². The van der Waals surface area contributed by atoms with Crippen LogP contribution in [0.1, 0.15) is 40.4 Å². The molecule has 0 aliphatic carbocycles. The molecule has 10 nitrogen and oxygen atoms in total. The number of hydrogen-bond acceptors (Lipinski definition) is 9. The molecule has 0 spiro atoms. The van der Waals surface area contributed by atoms with E-state index in [0.717, 1.165) is 16.7 Å². The lowest BCUT2D eigenvalue weighted by atomic mass is 9.80. The molecule has 53 heavy (non-hydrogen) atoms. The summed E-state index contributed by atoms with van der Waals surface area (Å²) >= 11 is 0. The van der Waals surface area contributed by atoms with E-state index in [-0.39, 0.29) is 25.5 Å². The first-order valence-corrected chi connectivity index (χ1v) is 18.2. The summed E-state index contributed by atoms with van der Waals surface area (Å²) in [7, 11) is 0.591. The summed E-state index contributed by atoms with van der Waals surface area (Å²) < 4.78 is 42.2. The number of pyridine rings is 1. The number of nitrogens with one attached hydrogen (secondary N) is 1. The molecular weight excluding hydrogens is 689 g/mol. The molecule has 6 rings (SSSR count). The SMILES string of the molecule is COc1ccc(C(OCC(NC(=O)c2c3ccccc3nc3ccccc23)C(C)O[P+](=O)OCCC#N)(c2ccccc2)c2ccc(OC)cc2)cc1. The van der Waals surface area contributed by atoms with E-state index >= 15 is 0 Å². The molecule has 1 N–H and O–H groups in total. The quantitative estimate of drug-likeness (QED) is 0.0451. The van der Waals surface area contributed by atoms with Gasteiger partial charge in [0.1, 0.15) is 29.8 Å². The van der Waals surface area contributed by atoms with Gasteiger partial charge in [-0.25, -0.2) is 4.98 Å². The van der Waals surface area contributed by atoms with Gasteiger partial charge in [-0.1, -0.05) is 91.0 Å². The highest BCUT2D eigenvalue weighted by Crippen LogP contribution is 2.42. The van der Waals surface area contributed by atoms with Gasteiger partial charge in [0, 0.05) is 15.3 Å². The van der Waals surface area contributed by atoms with Gasteiger partial charge in [0.2, 0.25) is 0 Å². The molecule has 268 valence electrons. The Labute approximate surface area is 309 Å². The molecule has 0 radical (unpaired) electrons. The van der Waals surface area contributed by atoms with Crippen molar-refractivity contribution in [1.29, 1.82) is 5.26 Å². The largest absolute Gasteiger partial charge is 0.697 e. The molecule has 1 heterocycles. The Morgan fingerprint density at radius 3 is 1.81 bits per heavy atom. The van der Waals surface area contributed by atoms with Crippen LogP contribution < -0.4 is 14.8 Å². The zero-order chi connectivity index (χ0) is 37.2. The van der Waals surface area contributed by atoms with Gasteiger partial charge in [-0.05, 0) is 60.0 Å². The van der Waals surface area contributed by atoms with E-state index < -0.39 is 26.0 Å². The number of carbonyl (C=O) groups is 1. The normalized spacial score (nSPS) is 12.8. The second kappa shape index (κ2) is 17.2. The molecule has 0 bridgehead atoms. The topological polar surface area (TPSA) is 129 Å². The lowest BCUT2D eigenvalue weighted by Gasteiger charge is -2.37. The van der Waals surface area contributed by atoms with Crippen LogP contribution in [0, 0.1) is 11.3 Å². The Kier molecular flexibility index (Phi) is 12.0. The maximum absolute atomic E-state index is 14.5. The summed E-state index contributed by atoms with van der Waals surface area (Å²) in [4.78, 5) is 19.3. The maximum Gasteiger partial charge on any atom is 0.697 e. The maximum atomic E-state index is 14.5. The van der Waals surface area contributed by atoms with E-state index in [4.69, 9.17) is 33.5 Å². The summed E-state index contributed by atoms with van der Waals surface area (Å²) in [5.74, 6) is 0.966. The van der Waals surface area contributed by atoms with Crippen molar-refractivity contribution < 1.29 is 32.6 Å². The first-order valence-electron chi connectivity index (χ1n) is 17.1. The van der Waals surface area contributed by atoms with Crippen LogP contribution >= 0.6 is 8.25 Å². The third-order valence-corrected chi connectivity index (χ3v) is 9.91. The Morgan fingerprint density at radius 1 is 0.774 bits per heavy atom. The van der Waals surface area contributed by atoms with Gasteiger partial charge in [0.05, 0.1) is 56.0 Å². The van der Waals surface area contributed by atoms with Gasteiger partial charge < -0.3 is 19.5 Å². The summed E-state index contributed by atoms with van der Waals surface area (Å²) in [6.07, 6.45) is -0.822. The summed E-state index contributed by atoms with van der Waals surface area (Å²) in [5.41, 5.74) is 3.00. The first-order chi connectivity index (χ1) is 25.9. The van der Waals surface area contributed by atoms with Gasteiger partial charge in [0.15, 0.2) is 0 Å². The van der Waals surface area contributed by atoms with Crippen LogP contribution in [-0.2, 0) is 24.0 Å². The van der Waals surface area contributed by atoms with Crippen LogP contribution in [0.2, 0.25) is 0 Å². The van der Waals surface area contributed by atoms with Gasteiger partial charge in [0.25, 0.3) is 5.91 Å². The average molecular weight is 729 g/mol.